The van der Waals surface area contributed by atoms with Crippen LogP contribution in [0.15, 0.2) is 12.1 Å². The van der Waals surface area contributed by atoms with E-state index in [-0.39, 0.29) is 11.7 Å². The van der Waals surface area contributed by atoms with E-state index in [0.29, 0.717) is 35.3 Å². The van der Waals surface area contributed by atoms with E-state index in [1.807, 2.05) is 13.8 Å². The van der Waals surface area contributed by atoms with Crippen LogP contribution in [0.5, 0.6) is 11.5 Å². The standard InChI is InChI=1S/C12H13ClO3/c1-7(2)11(14)10-8(13)3-4-9-12(10)16-6-5-15-9/h3-4,7H,5-6H2,1-2H3. The molecule has 0 saturated carbocycles. The molecule has 0 amide bonds. The summed E-state index contributed by atoms with van der Waals surface area (Å²) in [4.78, 5) is 12.0. The number of Topliss-reactive ketones (excluding diaryl/α,β-unsaturated/α-hetero) is 1. The molecule has 16 heavy (non-hydrogen) atoms. The van der Waals surface area contributed by atoms with E-state index in [2.05, 4.69) is 0 Å². The Bertz CT molecular complexity index is 427. The fourth-order valence-corrected chi connectivity index (χ4v) is 1.85. The van der Waals surface area contributed by atoms with E-state index in [0.717, 1.165) is 0 Å². The van der Waals surface area contributed by atoms with Crippen molar-refractivity contribution < 1.29 is 14.3 Å². The van der Waals surface area contributed by atoms with Crippen molar-refractivity contribution in [1.29, 1.82) is 0 Å². The first-order valence-electron chi connectivity index (χ1n) is 5.23. The second kappa shape index (κ2) is 4.34. The molecule has 0 spiro atoms. The third-order valence-corrected chi connectivity index (χ3v) is 2.74. The minimum Gasteiger partial charge on any atom is -0.486 e. The number of ether oxygens (including phenoxy) is 2. The van der Waals surface area contributed by atoms with Crippen LogP contribution in [0.3, 0.4) is 0 Å². The summed E-state index contributed by atoms with van der Waals surface area (Å²) in [7, 11) is 0. The Kier molecular flexibility index (Phi) is 3.06. The lowest BCUT2D eigenvalue weighted by atomic mass is 9.99. The van der Waals surface area contributed by atoms with Crippen molar-refractivity contribution in [3.63, 3.8) is 0 Å². The first-order chi connectivity index (χ1) is 7.61. The van der Waals surface area contributed by atoms with Crippen LogP contribution in [-0.2, 0) is 0 Å². The van der Waals surface area contributed by atoms with Gasteiger partial charge in [0.05, 0.1) is 10.6 Å². The molecular weight excluding hydrogens is 228 g/mol. The van der Waals surface area contributed by atoms with E-state index in [1.165, 1.54) is 0 Å². The van der Waals surface area contributed by atoms with Gasteiger partial charge in [-0.3, -0.25) is 4.79 Å². The predicted molar refractivity (Wildman–Crippen MR) is 61.6 cm³/mol. The Morgan fingerprint density at radius 1 is 1.31 bits per heavy atom. The molecule has 1 aliphatic heterocycles. The molecule has 4 heteroatoms. The molecule has 0 aromatic heterocycles. The maximum Gasteiger partial charge on any atom is 0.173 e. The first-order valence-corrected chi connectivity index (χ1v) is 5.61. The van der Waals surface area contributed by atoms with Crippen LogP contribution in [0, 0.1) is 5.92 Å². The molecule has 86 valence electrons. The number of ketones is 1. The zero-order chi connectivity index (χ0) is 11.7. The van der Waals surface area contributed by atoms with Gasteiger partial charge in [-0.15, -0.1) is 0 Å². The van der Waals surface area contributed by atoms with Crippen molar-refractivity contribution in [1.82, 2.24) is 0 Å². The van der Waals surface area contributed by atoms with Gasteiger partial charge in [0.15, 0.2) is 17.3 Å². The molecule has 2 rings (SSSR count). The SMILES string of the molecule is CC(C)C(=O)c1c(Cl)ccc2c1OCCO2. The van der Waals surface area contributed by atoms with Crippen molar-refractivity contribution in [3.8, 4) is 11.5 Å². The number of rotatable bonds is 2. The number of fused-ring (bicyclic) bond motifs is 1. The van der Waals surface area contributed by atoms with Crippen LogP contribution >= 0.6 is 11.6 Å². The van der Waals surface area contributed by atoms with Crippen LogP contribution in [0.25, 0.3) is 0 Å². The smallest absolute Gasteiger partial charge is 0.173 e. The fraction of sp³-hybridized carbons (Fsp3) is 0.417. The van der Waals surface area contributed by atoms with Crippen molar-refractivity contribution in [2.24, 2.45) is 5.92 Å². The van der Waals surface area contributed by atoms with E-state index in [4.69, 9.17) is 21.1 Å². The number of carbonyl (C=O) groups is 1. The zero-order valence-corrected chi connectivity index (χ0v) is 10.0. The van der Waals surface area contributed by atoms with Crippen LogP contribution in [0.4, 0.5) is 0 Å². The maximum atomic E-state index is 12.0. The Balaban J connectivity index is 2.54. The van der Waals surface area contributed by atoms with E-state index < -0.39 is 0 Å². The number of benzene rings is 1. The van der Waals surface area contributed by atoms with Crippen molar-refractivity contribution in [2.45, 2.75) is 13.8 Å². The molecule has 0 bridgehead atoms. The lowest BCUT2D eigenvalue weighted by molar-refractivity contribution is 0.0928. The molecule has 0 aliphatic carbocycles. The Morgan fingerprint density at radius 2 is 2.00 bits per heavy atom. The first kappa shape index (κ1) is 11.3. The largest absolute Gasteiger partial charge is 0.486 e. The van der Waals surface area contributed by atoms with Gasteiger partial charge in [0.1, 0.15) is 13.2 Å². The predicted octanol–water partition coefficient (Wildman–Crippen LogP) is 2.95. The number of halogens is 1. The van der Waals surface area contributed by atoms with Gasteiger partial charge in [-0.1, -0.05) is 25.4 Å². The lowest BCUT2D eigenvalue weighted by Gasteiger charge is -2.21. The topological polar surface area (TPSA) is 35.5 Å². The molecule has 1 aliphatic rings. The van der Waals surface area contributed by atoms with Gasteiger partial charge in [-0.25, -0.2) is 0 Å². The Hall–Kier alpha value is -1.22. The average Bonchev–Trinajstić information content (AvgIpc) is 2.28. The summed E-state index contributed by atoms with van der Waals surface area (Å²) in [5, 5.41) is 0.419. The summed E-state index contributed by atoms with van der Waals surface area (Å²) >= 11 is 6.04. The van der Waals surface area contributed by atoms with E-state index in [9.17, 15) is 4.79 Å². The summed E-state index contributed by atoms with van der Waals surface area (Å²) in [5.74, 6) is 0.943. The quantitative estimate of drug-likeness (QED) is 0.746. The van der Waals surface area contributed by atoms with Crippen LogP contribution in [0.2, 0.25) is 5.02 Å². The average molecular weight is 241 g/mol. The molecule has 0 fully saturated rings. The summed E-state index contributed by atoms with van der Waals surface area (Å²) in [5.41, 5.74) is 0.439. The van der Waals surface area contributed by atoms with Crippen LogP contribution < -0.4 is 9.47 Å². The second-order valence-electron chi connectivity index (χ2n) is 3.97. The summed E-state index contributed by atoms with van der Waals surface area (Å²) in [6.07, 6.45) is 0. The van der Waals surface area contributed by atoms with Crippen molar-refractivity contribution in [3.05, 3.63) is 22.7 Å². The lowest BCUT2D eigenvalue weighted by Crippen LogP contribution is -2.19. The molecule has 1 aromatic rings. The molecule has 0 unspecified atom stereocenters. The number of hydrogen-bond acceptors (Lipinski definition) is 3. The van der Waals surface area contributed by atoms with Gasteiger partial charge in [0.2, 0.25) is 0 Å². The molecule has 1 heterocycles. The van der Waals surface area contributed by atoms with Gasteiger partial charge in [-0.05, 0) is 12.1 Å². The third kappa shape index (κ3) is 1.87. The van der Waals surface area contributed by atoms with Crippen molar-refractivity contribution >= 4 is 17.4 Å². The summed E-state index contributed by atoms with van der Waals surface area (Å²) in [6.45, 7) is 4.62. The molecule has 0 radical (unpaired) electrons. The highest BCUT2D eigenvalue weighted by Crippen LogP contribution is 2.39. The Morgan fingerprint density at radius 3 is 2.69 bits per heavy atom. The zero-order valence-electron chi connectivity index (χ0n) is 9.25. The monoisotopic (exact) mass is 240 g/mol. The molecular formula is C12H13ClO3. The fourth-order valence-electron chi connectivity index (χ4n) is 1.61. The molecule has 0 N–H and O–H groups in total. The second-order valence-corrected chi connectivity index (χ2v) is 4.37. The van der Waals surface area contributed by atoms with Gasteiger partial charge in [0, 0.05) is 5.92 Å². The van der Waals surface area contributed by atoms with Gasteiger partial charge >= 0.3 is 0 Å². The van der Waals surface area contributed by atoms with Gasteiger partial charge in [0.25, 0.3) is 0 Å². The Labute approximate surface area is 99.3 Å². The van der Waals surface area contributed by atoms with E-state index in [1.54, 1.807) is 12.1 Å². The van der Waals surface area contributed by atoms with Crippen LogP contribution in [-0.4, -0.2) is 19.0 Å². The minimum absolute atomic E-state index is 0.0210. The normalized spacial score (nSPS) is 14.0. The minimum atomic E-state index is -0.116. The van der Waals surface area contributed by atoms with Crippen molar-refractivity contribution in [2.75, 3.05) is 13.2 Å². The molecule has 0 atom stereocenters. The highest BCUT2D eigenvalue weighted by atomic mass is 35.5. The number of hydrogen-bond donors (Lipinski definition) is 0. The maximum absolute atomic E-state index is 12.0. The highest BCUT2D eigenvalue weighted by molar-refractivity contribution is 6.34. The molecule has 3 nitrogen and oxygen atoms in total. The van der Waals surface area contributed by atoms with E-state index >= 15 is 0 Å². The highest BCUT2D eigenvalue weighted by Gasteiger charge is 2.25. The molecule has 1 aromatic carbocycles. The molecule has 0 saturated heterocycles. The summed E-state index contributed by atoms with van der Waals surface area (Å²) in [6, 6.07) is 3.40. The number of carbonyl (C=O) groups excluding carboxylic acids is 1. The van der Waals surface area contributed by atoms with Crippen LogP contribution in [0.1, 0.15) is 24.2 Å². The third-order valence-electron chi connectivity index (χ3n) is 2.43. The van der Waals surface area contributed by atoms with Gasteiger partial charge in [-0.2, -0.15) is 0 Å². The summed E-state index contributed by atoms with van der Waals surface area (Å²) < 4.78 is 10.9. The van der Waals surface area contributed by atoms with Gasteiger partial charge < -0.3 is 9.47 Å².